The third kappa shape index (κ3) is 15.2. The number of hydrogen-bond acceptors (Lipinski definition) is 19. The van der Waals surface area contributed by atoms with Gasteiger partial charge in [-0.2, -0.15) is 4.31 Å². The minimum atomic E-state index is -5.59. The highest BCUT2D eigenvalue weighted by molar-refractivity contribution is 7.61. The van der Waals surface area contributed by atoms with Crippen molar-refractivity contribution in [1.82, 2.24) is 30.2 Å². The zero-order valence-electron chi connectivity index (χ0n) is 38.4. The van der Waals surface area contributed by atoms with Crippen molar-refractivity contribution in [3.8, 4) is 0 Å². The minimum Gasteiger partial charge on any atom is -0.461 e. The van der Waals surface area contributed by atoms with Crippen molar-refractivity contribution < 1.29 is 90.0 Å². The summed E-state index contributed by atoms with van der Waals surface area (Å²) >= 11 is 0. The van der Waals surface area contributed by atoms with Crippen LogP contribution in [0.15, 0.2) is 36.9 Å². The average molecular weight is 1050 g/mol. The van der Waals surface area contributed by atoms with Crippen molar-refractivity contribution in [3.05, 3.63) is 48.0 Å². The Morgan fingerprint density at radius 2 is 1.61 bits per heavy atom. The summed E-state index contributed by atoms with van der Waals surface area (Å²) in [6.45, 7) is 0.902. The topological polar surface area (TPSA) is 390 Å². The van der Waals surface area contributed by atoms with E-state index in [0.717, 1.165) is 81.4 Å². The number of aromatic nitrogens is 4. The van der Waals surface area contributed by atoms with E-state index in [-0.39, 0.29) is 59.7 Å². The van der Waals surface area contributed by atoms with Gasteiger partial charge in [0.1, 0.15) is 47.6 Å². The number of nitrogens with one attached hydrogen (secondary N) is 2. The van der Waals surface area contributed by atoms with E-state index < -0.39 is 84.6 Å². The van der Waals surface area contributed by atoms with Crippen LogP contribution < -0.4 is 16.4 Å². The van der Waals surface area contributed by atoms with Crippen LogP contribution >= 0.6 is 23.5 Å². The number of phosphoric acid groups is 3. The number of benzene rings is 1. The fraction of sp³-hybridized carbons (Fsp3) is 0.634. The van der Waals surface area contributed by atoms with Crippen molar-refractivity contribution in [1.29, 1.82) is 0 Å². The van der Waals surface area contributed by atoms with E-state index in [1.54, 1.807) is 0 Å². The summed E-state index contributed by atoms with van der Waals surface area (Å²) in [5.74, 6) is -1.40. The first-order valence-electron chi connectivity index (χ1n) is 22.5. The number of carbonyl (C=O) groups is 4. The number of nitrogens with zero attached hydrogens (tertiary/aromatic N) is 4. The molecule has 7 atom stereocenters. The summed E-state index contributed by atoms with van der Waals surface area (Å²) < 4.78 is 67.8. The number of phosphoric ester groups is 3. The summed E-state index contributed by atoms with van der Waals surface area (Å²) in [6.07, 6.45) is 1.68. The first-order valence-corrected chi connectivity index (χ1v) is 27.0. The molecule has 70 heavy (non-hydrogen) atoms. The van der Waals surface area contributed by atoms with Gasteiger partial charge in [0.25, 0.3) is 6.47 Å². The van der Waals surface area contributed by atoms with E-state index in [1.807, 2.05) is 6.07 Å². The van der Waals surface area contributed by atoms with Crippen molar-refractivity contribution >= 4 is 64.5 Å². The Labute approximate surface area is 401 Å². The Bertz CT molecular complexity index is 2500. The van der Waals surface area contributed by atoms with Gasteiger partial charge < -0.3 is 55.6 Å². The van der Waals surface area contributed by atoms with Gasteiger partial charge in [0.05, 0.1) is 19.5 Å². The Morgan fingerprint density at radius 3 is 2.26 bits per heavy atom. The third-order valence-corrected chi connectivity index (χ3v) is 15.6. The molecule has 3 aromatic rings. The number of amides is 2. The molecule has 388 valence electrons. The molecule has 0 spiro atoms. The lowest BCUT2D eigenvalue weighted by molar-refractivity contribution is -0.137. The number of rotatable bonds is 30. The highest BCUT2D eigenvalue weighted by Crippen LogP contribution is 2.61. The second-order valence-electron chi connectivity index (χ2n) is 18.4. The average Bonchev–Trinajstić information content (AvgIpc) is 4.18. The van der Waals surface area contributed by atoms with Gasteiger partial charge in [-0.15, -0.1) is 0 Å². The molecule has 2 aromatic heterocycles. The molecule has 1 saturated heterocycles. The molecular formula is C41H60N7O19P3. The van der Waals surface area contributed by atoms with Crippen molar-refractivity contribution in [3.63, 3.8) is 0 Å². The SMILES string of the molecule is CC(C)(COP(=O)(O)OP(=O)(O)OCC1OC(n2cnc3c(N)ncnc32)C(O)C1OP(=O)(O)O)C(O)C(=O)NCCC(=O)NCCC(=O)C1(CCCc2cccc(CCCC3(OC=O)CC3)c2)CC1. The van der Waals surface area contributed by atoms with Gasteiger partial charge in [-0.1, -0.05) is 38.1 Å². The molecule has 10 N–H and O–H groups in total. The molecule has 26 nitrogen and oxygen atoms in total. The van der Waals surface area contributed by atoms with E-state index >= 15 is 0 Å². The summed E-state index contributed by atoms with van der Waals surface area (Å²) in [5.41, 5.74) is 6.04. The summed E-state index contributed by atoms with van der Waals surface area (Å²) in [6, 6.07) is 8.40. The minimum absolute atomic E-state index is 0.0271. The predicted octanol–water partition coefficient (Wildman–Crippen LogP) is 2.20. The van der Waals surface area contributed by atoms with Crippen LogP contribution in [-0.2, 0) is 73.1 Å². The highest BCUT2D eigenvalue weighted by Gasteiger charge is 2.51. The molecule has 6 rings (SSSR count). The van der Waals surface area contributed by atoms with Gasteiger partial charge in [0, 0.05) is 36.8 Å². The van der Waals surface area contributed by atoms with E-state index in [0.29, 0.717) is 6.47 Å². The third-order valence-electron chi connectivity index (χ3n) is 12.5. The van der Waals surface area contributed by atoms with Crippen molar-refractivity contribution in [2.45, 2.75) is 127 Å². The highest BCUT2D eigenvalue weighted by atomic mass is 31.3. The van der Waals surface area contributed by atoms with Crippen LogP contribution in [-0.4, -0.2) is 130 Å². The molecule has 2 saturated carbocycles. The molecular weight excluding hydrogens is 987 g/mol. The van der Waals surface area contributed by atoms with E-state index in [9.17, 15) is 62.7 Å². The maximum Gasteiger partial charge on any atom is 0.481 e. The Hall–Kier alpha value is -4.10. The maximum absolute atomic E-state index is 13.1. The lowest BCUT2D eigenvalue weighted by Gasteiger charge is -2.30. The standard InChI is InChI=1S/C41H60N7O19P3/c1-39(2,22-64-70(60,61)67-69(58,59)63-21-28-33(66-68(55,56)57)32(52)38(65-28)48-24-47-31-35(42)45-23-46-36(31)48)34(53)37(54)44-19-11-30(51)43-18-10-29(50)40(14-15-40)12-4-8-26-6-3-7-27(20-26)9-5-13-41(16-17-41)62-25-49/h3,6-7,20,23-25,28,32-34,38,52-53H,4-5,8-19,21-22H2,1-2H3,(H,43,51)(H,44,54)(H,58,59)(H,60,61)(H2,42,45,46)(H2,55,56,57). The molecule has 2 aliphatic carbocycles. The zero-order valence-corrected chi connectivity index (χ0v) is 41.1. The largest absolute Gasteiger partial charge is 0.481 e. The summed E-state index contributed by atoms with van der Waals surface area (Å²) in [4.78, 5) is 100. The Kier molecular flexibility index (Phi) is 18.0. The van der Waals surface area contributed by atoms with E-state index in [1.165, 1.54) is 25.0 Å². The van der Waals surface area contributed by atoms with Gasteiger partial charge in [-0.05, 0) is 75.3 Å². The van der Waals surface area contributed by atoms with Crippen molar-refractivity contribution in [2.24, 2.45) is 10.8 Å². The first-order chi connectivity index (χ1) is 32.9. The Balaban J connectivity index is 0.870. The monoisotopic (exact) mass is 1050 g/mol. The van der Waals surface area contributed by atoms with Gasteiger partial charge in [0.15, 0.2) is 17.7 Å². The van der Waals surface area contributed by atoms with Gasteiger partial charge in [0.2, 0.25) is 11.8 Å². The number of aliphatic hydroxyl groups is 2. The number of aryl methyl sites for hydroxylation is 2. The summed E-state index contributed by atoms with van der Waals surface area (Å²) in [5, 5.41) is 26.7. The van der Waals surface area contributed by atoms with Gasteiger partial charge in [-0.3, -0.25) is 37.3 Å². The molecule has 1 aromatic carbocycles. The van der Waals surface area contributed by atoms with Gasteiger partial charge in [-0.25, -0.2) is 28.6 Å². The Morgan fingerprint density at radius 1 is 0.957 bits per heavy atom. The smallest absolute Gasteiger partial charge is 0.461 e. The number of nitrogen functional groups attached to an aromatic ring is 1. The van der Waals surface area contributed by atoms with Crippen LogP contribution in [0.3, 0.4) is 0 Å². The number of Topliss-reactive ketones (excluding diaryl/α,β-unsaturated/α-hetero) is 1. The van der Waals surface area contributed by atoms with Crippen molar-refractivity contribution in [2.75, 3.05) is 32.0 Å². The number of aliphatic hydroxyl groups excluding tert-OH is 2. The number of ether oxygens (including phenoxy) is 2. The van der Waals surface area contributed by atoms with E-state index in [4.69, 9.17) is 24.3 Å². The van der Waals surface area contributed by atoms with Crippen LogP contribution in [0.2, 0.25) is 0 Å². The second kappa shape index (κ2) is 22.8. The fourth-order valence-corrected chi connectivity index (χ4v) is 11.0. The number of ketones is 1. The normalized spacial score (nSPS) is 22.6. The molecule has 7 unspecified atom stereocenters. The lowest BCUT2D eigenvalue weighted by Crippen LogP contribution is -2.46. The quantitative estimate of drug-likeness (QED) is 0.0341. The molecule has 3 aliphatic rings. The fourth-order valence-electron chi connectivity index (χ4n) is 8.19. The van der Waals surface area contributed by atoms with Crippen LogP contribution in [0.4, 0.5) is 5.82 Å². The molecule has 0 bridgehead atoms. The molecule has 3 heterocycles. The number of hydrogen-bond donors (Lipinski definition) is 9. The van der Waals surface area contributed by atoms with Crippen LogP contribution in [0.25, 0.3) is 11.2 Å². The molecule has 3 fully saturated rings. The van der Waals surface area contributed by atoms with Crippen LogP contribution in [0.5, 0.6) is 0 Å². The predicted molar refractivity (Wildman–Crippen MR) is 242 cm³/mol. The summed E-state index contributed by atoms with van der Waals surface area (Å²) in [7, 11) is -16.5. The number of nitrogens with two attached hydrogens (primary N) is 1. The van der Waals surface area contributed by atoms with E-state index in [2.05, 4.69) is 52.6 Å². The first kappa shape index (κ1) is 55.2. The van der Waals surface area contributed by atoms with Crippen LogP contribution in [0.1, 0.15) is 95.4 Å². The molecule has 0 radical (unpaired) electrons. The number of anilines is 1. The lowest BCUT2D eigenvalue weighted by atomic mass is 9.87. The van der Waals surface area contributed by atoms with Gasteiger partial charge >= 0.3 is 23.5 Å². The molecule has 2 amide bonds. The molecule has 1 aliphatic heterocycles. The second-order valence-corrected chi connectivity index (χ2v) is 22.7. The maximum atomic E-state index is 13.1. The molecule has 29 heteroatoms. The number of fused-ring (bicyclic) bond motifs is 1. The number of imidazole rings is 1. The zero-order chi connectivity index (χ0) is 51.1. The number of carbonyl (C=O) groups excluding carboxylic acids is 4. The van der Waals surface area contributed by atoms with Crippen LogP contribution in [0, 0.1) is 10.8 Å².